The molecule has 1 aromatic heterocycles. The van der Waals surface area contributed by atoms with Crippen molar-refractivity contribution < 1.29 is 9.53 Å². The molecule has 0 bridgehead atoms. The molecule has 1 aliphatic rings. The van der Waals surface area contributed by atoms with Crippen molar-refractivity contribution in [3.05, 3.63) is 53.7 Å². The van der Waals surface area contributed by atoms with Gasteiger partial charge < -0.3 is 15.4 Å². The van der Waals surface area contributed by atoms with Crippen LogP contribution in [0.2, 0.25) is 0 Å². The molecule has 2 aromatic rings. The van der Waals surface area contributed by atoms with Crippen LogP contribution < -0.4 is 15.4 Å². The number of ether oxygens (including phenoxy) is 1. The van der Waals surface area contributed by atoms with Crippen LogP contribution in [0, 0.1) is 0 Å². The van der Waals surface area contributed by atoms with E-state index < -0.39 is 0 Å². The van der Waals surface area contributed by atoms with Crippen molar-refractivity contribution in [2.75, 3.05) is 19.0 Å². The molecule has 0 unspecified atom stereocenters. The van der Waals surface area contributed by atoms with Gasteiger partial charge in [-0.2, -0.15) is 0 Å². The summed E-state index contributed by atoms with van der Waals surface area (Å²) in [5, 5.41) is 6.22. The van der Waals surface area contributed by atoms with Crippen LogP contribution in [0.4, 0.5) is 5.82 Å². The number of pyridine rings is 1. The van der Waals surface area contributed by atoms with E-state index in [2.05, 4.69) is 15.6 Å². The summed E-state index contributed by atoms with van der Waals surface area (Å²) < 4.78 is 5.13. The molecule has 1 amide bonds. The number of rotatable bonds is 7. The number of methoxy groups -OCH3 is 1. The smallest absolute Gasteiger partial charge is 0.252 e. The summed E-state index contributed by atoms with van der Waals surface area (Å²) in [4.78, 5) is 16.4. The molecular formula is C18H21N3O2. The van der Waals surface area contributed by atoms with Crippen molar-refractivity contribution in [3.63, 3.8) is 0 Å². The first-order chi connectivity index (χ1) is 11.2. The van der Waals surface area contributed by atoms with Gasteiger partial charge >= 0.3 is 0 Å². The quantitative estimate of drug-likeness (QED) is 0.825. The average molecular weight is 311 g/mol. The predicted octanol–water partition coefficient (Wildman–Crippen LogP) is 2.64. The van der Waals surface area contributed by atoms with E-state index in [1.165, 1.54) is 12.8 Å². The second-order valence-electron chi connectivity index (χ2n) is 5.70. The number of amides is 1. The highest BCUT2D eigenvalue weighted by Crippen LogP contribution is 2.23. The van der Waals surface area contributed by atoms with Crippen molar-refractivity contribution in [2.45, 2.75) is 25.3 Å². The van der Waals surface area contributed by atoms with Gasteiger partial charge in [0, 0.05) is 18.8 Å². The fourth-order valence-corrected chi connectivity index (χ4v) is 2.27. The molecule has 1 aliphatic carbocycles. The van der Waals surface area contributed by atoms with Gasteiger partial charge in [0.1, 0.15) is 11.6 Å². The molecule has 1 fully saturated rings. The second-order valence-corrected chi connectivity index (χ2v) is 5.70. The molecule has 0 saturated heterocycles. The van der Waals surface area contributed by atoms with Crippen molar-refractivity contribution in [1.29, 1.82) is 0 Å². The van der Waals surface area contributed by atoms with Gasteiger partial charge in [-0.25, -0.2) is 4.98 Å². The van der Waals surface area contributed by atoms with E-state index in [0.29, 0.717) is 18.2 Å². The predicted molar refractivity (Wildman–Crippen MR) is 89.9 cm³/mol. The summed E-state index contributed by atoms with van der Waals surface area (Å²) >= 11 is 0. The normalized spacial score (nSPS) is 13.4. The number of nitrogens with one attached hydrogen (secondary N) is 2. The lowest BCUT2D eigenvalue weighted by molar-refractivity contribution is 0.0954. The second kappa shape index (κ2) is 7.13. The molecule has 0 atom stereocenters. The molecule has 0 aliphatic heterocycles. The fraction of sp³-hybridized carbons (Fsp3) is 0.333. The van der Waals surface area contributed by atoms with Gasteiger partial charge in [-0.15, -0.1) is 0 Å². The third-order valence-corrected chi connectivity index (χ3v) is 3.81. The number of hydrogen-bond donors (Lipinski definition) is 2. The Morgan fingerprint density at radius 3 is 2.61 bits per heavy atom. The van der Waals surface area contributed by atoms with E-state index in [0.717, 1.165) is 23.6 Å². The van der Waals surface area contributed by atoms with E-state index in [9.17, 15) is 4.79 Å². The van der Waals surface area contributed by atoms with Gasteiger partial charge in [-0.05, 0) is 49.1 Å². The summed E-state index contributed by atoms with van der Waals surface area (Å²) in [5.41, 5.74) is 1.74. The summed E-state index contributed by atoms with van der Waals surface area (Å²) in [6.45, 7) is 0.591. The highest BCUT2D eigenvalue weighted by molar-refractivity contribution is 5.94. The monoisotopic (exact) mass is 311 g/mol. The number of nitrogens with zero attached hydrogens (tertiary/aromatic N) is 1. The summed E-state index contributed by atoms with van der Waals surface area (Å²) in [6.07, 6.45) is 4.81. The zero-order valence-corrected chi connectivity index (χ0v) is 13.2. The molecule has 1 saturated carbocycles. The molecule has 0 radical (unpaired) electrons. The van der Waals surface area contributed by atoms with Crippen LogP contribution >= 0.6 is 0 Å². The van der Waals surface area contributed by atoms with Crippen LogP contribution in [0.3, 0.4) is 0 Å². The highest BCUT2D eigenvalue weighted by Gasteiger charge is 2.21. The molecule has 1 aromatic carbocycles. The van der Waals surface area contributed by atoms with Crippen molar-refractivity contribution in [1.82, 2.24) is 10.3 Å². The Balaban J connectivity index is 1.46. The van der Waals surface area contributed by atoms with E-state index in [1.807, 2.05) is 30.3 Å². The first-order valence-corrected chi connectivity index (χ1v) is 7.88. The van der Waals surface area contributed by atoms with Crippen LogP contribution in [0.1, 0.15) is 28.8 Å². The maximum absolute atomic E-state index is 12.1. The van der Waals surface area contributed by atoms with Gasteiger partial charge in [-0.1, -0.05) is 12.1 Å². The third kappa shape index (κ3) is 4.45. The first-order valence-electron chi connectivity index (χ1n) is 7.88. The highest BCUT2D eigenvalue weighted by atomic mass is 16.5. The van der Waals surface area contributed by atoms with Crippen LogP contribution in [0.15, 0.2) is 42.6 Å². The summed E-state index contributed by atoms with van der Waals surface area (Å²) in [5.74, 6) is 1.58. The Labute approximate surface area is 136 Å². The standard InChI is InChI=1S/C18H21N3O2/c1-23-16-7-2-13(3-8-16)10-11-19-18(22)14-4-9-17(20-12-14)21-15-5-6-15/h2-4,7-9,12,15H,5-6,10-11H2,1H3,(H,19,22)(H,20,21). The Bertz CT molecular complexity index is 649. The van der Waals surface area contributed by atoms with Gasteiger partial charge in [0.25, 0.3) is 5.91 Å². The topological polar surface area (TPSA) is 63.2 Å². The first kappa shape index (κ1) is 15.3. The van der Waals surface area contributed by atoms with Crippen LogP contribution in [-0.2, 0) is 6.42 Å². The maximum atomic E-state index is 12.1. The Hall–Kier alpha value is -2.56. The lowest BCUT2D eigenvalue weighted by Crippen LogP contribution is -2.25. The van der Waals surface area contributed by atoms with Gasteiger partial charge in [-0.3, -0.25) is 4.79 Å². The molecule has 3 rings (SSSR count). The lowest BCUT2D eigenvalue weighted by Gasteiger charge is -2.07. The number of hydrogen-bond acceptors (Lipinski definition) is 4. The number of carbonyl (C=O) groups excluding carboxylic acids is 1. The zero-order chi connectivity index (χ0) is 16.1. The summed E-state index contributed by atoms with van der Waals surface area (Å²) in [6, 6.07) is 12.1. The molecule has 23 heavy (non-hydrogen) atoms. The Morgan fingerprint density at radius 1 is 1.22 bits per heavy atom. The number of anilines is 1. The zero-order valence-electron chi connectivity index (χ0n) is 13.2. The molecule has 2 N–H and O–H groups in total. The van der Waals surface area contributed by atoms with E-state index in [4.69, 9.17) is 4.74 Å². The lowest BCUT2D eigenvalue weighted by atomic mass is 10.1. The molecule has 1 heterocycles. The molecular weight excluding hydrogens is 290 g/mol. The molecule has 120 valence electrons. The fourth-order valence-electron chi connectivity index (χ4n) is 2.27. The number of carbonyl (C=O) groups is 1. The SMILES string of the molecule is COc1ccc(CCNC(=O)c2ccc(NC3CC3)nc2)cc1. The average Bonchev–Trinajstić information content (AvgIpc) is 3.40. The van der Waals surface area contributed by atoms with Crippen molar-refractivity contribution in [2.24, 2.45) is 0 Å². The molecule has 0 spiro atoms. The van der Waals surface area contributed by atoms with Gasteiger partial charge in [0.05, 0.1) is 12.7 Å². The minimum atomic E-state index is -0.0935. The van der Waals surface area contributed by atoms with E-state index in [1.54, 1.807) is 19.4 Å². The van der Waals surface area contributed by atoms with E-state index in [-0.39, 0.29) is 5.91 Å². The minimum Gasteiger partial charge on any atom is -0.497 e. The Kier molecular flexibility index (Phi) is 4.76. The minimum absolute atomic E-state index is 0.0935. The van der Waals surface area contributed by atoms with Crippen molar-refractivity contribution >= 4 is 11.7 Å². The van der Waals surface area contributed by atoms with Crippen LogP contribution in [0.25, 0.3) is 0 Å². The molecule has 5 nitrogen and oxygen atoms in total. The van der Waals surface area contributed by atoms with Crippen LogP contribution in [0.5, 0.6) is 5.75 Å². The number of benzene rings is 1. The molecule has 5 heteroatoms. The maximum Gasteiger partial charge on any atom is 0.252 e. The Morgan fingerprint density at radius 2 is 2.00 bits per heavy atom. The third-order valence-electron chi connectivity index (χ3n) is 3.81. The van der Waals surface area contributed by atoms with Crippen molar-refractivity contribution in [3.8, 4) is 5.75 Å². The summed E-state index contributed by atoms with van der Waals surface area (Å²) in [7, 11) is 1.65. The van der Waals surface area contributed by atoms with Crippen LogP contribution in [-0.4, -0.2) is 30.6 Å². The van der Waals surface area contributed by atoms with Gasteiger partial charge in [0.15, 0.2) is 0 Å². The van der Waals surface area contributed by atoms with E-state index >= 15 is 0 Å². The van der Waals surface area contributed by atoms with Gasteiger partial charge in [0.2, 0.25) is 0 Å². The number of aromatic nitrogens is 1. The largest absolute Gasteiger partial charge is 0.497 e.